The first-order valence-electron chi connectivity index (χ1n) is 10.4. The molecule has 0 saturated heterocycles. The van der Waals surface area contributed by atoms with Crippen LogP contribution in [0.5, 0.6) is 0 Å². The molecule has 1 aliphatic carbocycles. The summed E-state index contributed by atoms with van der Waals surface area (Å²) in [5.41, 5.74) is 11.0. The van der Waals surface area contributed by atoms with Gasteiger partial charge in [-0.2, -0.15) is 0 Å². The van der Waals surface area contributed by atoms with E-state index in [-0.39, 0.29) is 16.5 Å². The monoisotopic (exact) mass is 446 g/mol. The maximum absolute atomic E-state index is 5.22. The van der Waals surface area contributed by atoms with Gasteiger partial charge in [0.05, 0.1) is 22.8 Å². The second-order valence-corrected chi connectivity index (χ2v) is 8.11. The van der Waals surface area contributed by atoms with Crippen molar-refractivity contribution in [2.45, 2.75) is 27.7 Å². The number of hydrogen-bond acceptors (Lipinski definition) is 2. The molecule has 0 fully saturated rings. The van der Waals surface area contributed by atoms with E-state index < -0.39 is 0 Å². The van der Waals surface area contributed by atoms with Crippen molar-refractivity contribution in [3.8, 4) is 0 Å². The van der Waals surface area contributed by atoms with E-state index >= 15 is 0 Å². The molecule has 0 amide bonds. The van der Waals surface area contributed by atoms with Crippen LogP contribution in [0.4, 0.5) is 11.4 Å². The Morgan fingerprint density at radius 2 is 0.839 bits per heavy atom. The molecule has 0 aromatic heterocycles. The van der Waals surface area contributed by atoms with Gasteiger partial charge < -0.3 is 0 Å². The normalized spacial score (nSPS) is 15.0. The van der Waals surface area contributed by atoms with Crippen LogP contribution in [0.1, 0.15) is 33.4 Å². The zero-order valence-corrected chi connectivity index (χ0v) is 19.1. The van der Waals surface area contributed by atoms with Crippen molar-refractivity contribution in [2.24, 2.45) is 9.98 Å². The smallest absolute Gasteiger partial charge is 0.0979 e. The number of aliphatic imine (C=N–C) groups is 2. The third-order valence-electron chi connectivity index (χ3n) is 5.97. The fraction of sp³-hybridized carbons (Fsp3) is 0.143. The van der Waals surface area contributed by atoms with Crippen LogP contribution in [-0.4, -0.2) is 11.4 Å². The van der Waals surface area contributed by atoms with E-state index in [1.54, 1.807) is 0 Å². The molecule has 156 valence electrons. The standard InChI is InChI=1S/C28H24N2.Ni/c1-17-9-5-10-18(2)25(17)29-27-22-15-7-13-21-14-8-16-23(24(21)22)28(27)30-26-19(3)11-6-12-20(26)4;/h5-16H,1-4H3;. The first-order chi connectivity index (χ1) is 14.5. The Hall–Kier alpha value is -3.03. The summed E-state index contributed by atoms with van der Waals surface area (Å²) < 4.78 is 0. The molecule has 0 N–H and O–H groups in total. The van der Waals surface area contributed by atoms with E-state index in [4.69, 9.17) is 9.98 Å². The summed E-state index contributed by atoms with van der Waals surface area (Å²) in [6.45, 7) is 8.49. The molecule has 0 aliphatic heterocycles. The van der Waals surface area contributed by atoms with Crippen molar-refractivity contribution >= 4 is 33.6 Å². The van der Waals surface area contributed by atoms with Crippen LogP contribution < -0.4 is 0 Å². The van der Waals surface area contributed by atoms with Crippen LogP contribution in [0, 0.1) is 27.7 Å². The molecule has 0 spiro atoms. The summed E-state index contributed by atoms with van der Waals surface area (Å²) in [5.74, 6) is 0. The third-order valence-corrected chi connectivity index (χ3v) is 5.97. The van der Waals surface area contributed by atoms with Gasteiger partial charge in [0.1, 0.15) is 0 Å². The van der Waals surface area contributed by atoms with E-state index in [2.05, 4.69) is 100 Å². The molecule has 2 nitrogen and oxygen atoms in total. The fourth-order valence-corrected chi connectivity index (χ4v) is 4.40. The SMILES string of the molecule is Cc1cccc(C)c1N=C1C(=Nc2c(C)cccc2C)c2cccc3cccc1c23.[Ni]. The van der Waals surface area contributed by atoms with E-state index in [0.717, 1.165) is 33.9 Å². The van der Waals surface area contributed by atoms with Gasteiger partial charge in [-0.15, -0.1) is 0 Å². The fourth-order valence-electron chi connectivity index (χ4n) is 4.40. The molecule has 3 heteroatoms. The topological polar surface area (TPSA) is 24.7 Å². The number of hydrogen-bond donors (Lipinski definition) is 0. The van der Waals surface area contributed by atoms with Crippen molar-refractivity contribution < 1.29 is 16.5 Å². The van der Waals surface area contributed by atoms with Crippen molar-refractivity contribution in [1.29, 1.82) is 0 Å². The van der Waals surface area contributed by atoms with Crippen LogP contribution in [-0.2, 0) is 16.5 Å². The predicted molar refractivity (Wildman–Crippen MR) is 128 cm³/mol. The molecule has 0 heterocycles. The minimum Gasteiger partial charge on any atom is -0.246 e. The number of benzene rings is 4. The van der Waals surface area contributed by atoms with Gasteiger partial charge in [0.15, 0.2) is 0 Å². The van der Waals surface area contributed by atoms with Gasteiger partial charge in [-0.05, 0) is 55.3 Å². The van der Waals surface area contributed by atoms with Crippen LogP contribution in [0.25, 0.3) is 10.8 Å². The molecule has 0 unspecified atom stereocenters. The second kappa shape index (κ2) is 8.25. The van der Waals surface area contributed by atoms with Gasteiger partial charge in [0.25, 0.3) is 0 Å². The maximum Gasteiger partial charge on any atom is 0.0979 e. The largest absolute Gasteiger partial charge is 0.246 e. The number of para-hydroxylation sites is 2. The summed E-state index contributed by atoms with van der Waals surface area (Å²) >= 11 is 0. The summed E-state index contributed by atoms with van der Waals surface area (Å²) in [7, 11) is 0. The minimum absolute atomic E-state index is 0. The zero-order valence-electron chi connectivity index (χ0n) is 18.1. The Labute approximate surface area is 193 Å². The van der Waals surface area contributed by atoms with Crippen molar-refractivity contribution in [3.05, 3.63) is 106 Å². The number of rotatable bonds is 2. The van der Waals surface area contributed by atoms with Gasteiger partial charge >= 0.3 is 0 Å². The summed E-state index contributed by atoms with van der Waals surface area (Å²) in [4.78, 5) is 10.4. The molecule has 4 aromatic carbocycles. The van der Waals surface area contributed by atoms with Gasteiger partial charge in [-0.3, -0.25) is 0 Å². The molecule has 1 aliphatic rings. The minimum atomic E-state index is 0. The van der Waals surface area contributed by atoms with Crippen LogP contribution >= 0.6 is 0 Å². The molecule has 0 saturated carbocycles. The molecule has 0 atom stereocenters. The van der Waals surface area contributed by atoms with Gasteiger partial charge in [0.2, 0.25) is 0 Å². The quantitative estimate of drug-likeness (QED) is 0.288. The Kier molecular flexibility index (Phi) is 5.64. The van der Waals surface area contributed by atoms with Gasteiger partial charge in [0, 0.05) is 33.0 Å². The van der Waals surface area contributed by atoms with Gasteiger partial charge in [-0.25, -0.2) is 9.98 Å². The third kappa shape index (κ3) is 3.54. The number of aryl methyl sites for hydroxylation is 4. The summed E-state index contributed by atoms with van der Waals surface area (Å²) in [6.07, 6.45) is 0. The summed E-state index contributed by atoms with van der Waals surface area (Å²) in [6, 6.07) is 25.6. The first kappa shape index (κ1) is 21.2. The average molecular weight is 447 g/mol. The molecule has 0 bridgehead atoms. The second-order valence-electron chi connectivity index (χ2n) is 8.11. The van der Waals surface area contributed by atoms with Crippen LogP contribution in [0.3, 0.4) is 0 Å². The van der Waals surface area contributed by atoms with Gasteiger partial charge in [-0.1, -0.05) is 72.8 Å². The molecular weight excluding hydrogens is 423 g/mol. The Morgan fingerprint density at radius 1 is 0.484 bits per heavy atom. The average Bonchev–Trinajstić information content (AvgIpc) is 3.02. The molecule has 5 rings (SSSR count). The summed E-state index contributed by atoms with van der Waals surface area (Å²) in [5, 5.41) is 2.47. The van der Waals surface area contributed by atoms with Crippen molar-refractivity contribution in [3.63, 3.8) is 0 Å². The van der Waals surface area contributed by atoms with E-state index in [0.29, 0.717) is 0 Å². The zero-order chi connectivity index (χ0) is 20.8. The Bertz CT molecular complexity index is 1240. The van der Waals surface area contributed by atoms with Crippen LogP contribution in [0.15, 0.2) is 82.8 Å². The first-order valence-corrected chi connectivity index (χ1v) is 10.4. The Balaban J connectivity index is 0.00000231. The number of nitrogens with zero attached hydrogens (tertiary/aromatic N) is 2. The predicted octanol–water partition coefficient (Wildman–Crippen LogP) is 7.33. The van der Waals surface area contributed by atoms with Crippen molar-refractivity contribution in [1.82, 2.24) is 0 Å². The molecule has 4 aromatic rings. The maximum atomic E-state index is 5.22. The molecule has 31 heavy (non-hydrogen) atoms. The van der Waals surface area contributed by atoms with E-state index in [9.17, 15) is 0 Å². The van der Waals surface area contributed by atoms with Crippen LogP contribution in [0.2, 0.25) is 0 Å². The van der Waals surface area contributed by atoms with E-state index in [1.807, 2.05) is 0 Å². The van der Waals surface area contributed by atoms with Crippen molar-refractivity contribution in [2.75, 3.05) is 0 Å². The van der Waals surface area contributed by atoms with E-state index in [1.165, 1.54) is 33.0 Å². The Morgan fingerprint density at radius 3 is 1.23 bits per heavy atom. The molecular formula is C28H24N2Ni. The molecule has 0 radical (unpaired) electrons.